The molecule has 0 saturated heterocycles. The van der Waals surface area contributed by atoms with Gasteiger partial charge < -0.3 is 0 Å². The molecule has 0 fully saturated rings. The number of aromatic nitrogens is 2. The van der Waals surface area contributed by atoms with E-state index in [9.17, 15) is 13.2 Å². The average Bonchev–Trinajstić information content (AvgIpc) is 2.68. The van der Waals surface area contributed by atoms with E-state index in [2.05, 4.69) is 11.9 Å². The molecule has 1 N–H and O–H groups in total. The highest BCUT2D eigenvalue weighted by molar-refractivity contribution is 4.80. The Bertz CT molecular complexity index is 331. The molecule has 0 aliphatic rings. The maximum Gasteiger partial charge on any atom is 0.400 e. The monoisotopic (exact) mass is 263 g/mol. The number of rotatable bonds is 8. The van der Waals surface area contributed by atoms with Gasteiger partial charge in [0.2, 0.25) is 0 Å². The fourth-order valence-electron chi connectivity index (χ4n) is 2.01. The zero-order valence-corrected chi connectivity index (χ0v) is 10.9. The second-order valence-corrected chi connectivity index (χ2v) is 4.66. The smallest absolute Gasteiger partial charge is 0.247 e. The molecule has 0 spiro atoms. The van der Waals surface area contributed by atoms with Crippen molar-refractivity contribution >= 4 is 0 Å². The van der Waals surface area contributed by atoms with E-state index in [-0.39, 0.29) is 5.82 Å². The van der Waals surface area contributed by atoms with E-state index in [0.717, 1.165) is 12.8 Å². The van der Waals surface area contributed by atoms with Crippen molar-refractivity contribution in [2.45, 2.75) is 64.6 Å². The summed E-state index contributed by atoms with van der Waals surface area (Å²) in [6.07, 6.45) is 5.12. The van der Waals surface area contributed by atoms with Crippen LogP contribution >= 0.6 is 0 Å². The summed E-state index contributed by atoms with van der Waals surface area (Å²) in [5, 5.41) is 0. The van der Waals surface area contributed by atoms with Gasteiger partial charge in [0.25, 0.3) is 5.82 Å². The summed E-state index contributed by atoms with van der Waals surface area (Å²) < 4.78 is 38.6. The number of alkyl halides is 3. The molecule has 1 aromatic rings. The molecular formula is C13H22F3N2+. The second-order valence-electron chi connectivity index (χ2n) is 4.66. The van der Waals surface area contributed by atoms with Crippen molar-refractivity contribution in [1.82, 2.24) is 4.98 Å². The van der Waals surface area contributed by atoms with Gasteiger partial charge in [-0.1, -0.05) is 32.6 Å². The minimum atomic E-state index is -4.15. The lowest BCUT2D eigenvalue weighted by atomic mass is 10.1. The van der Waals surface area contributed by atoms with Crippen LogP contribution in [0.5, 0.6) is 0 Å². The van der Waals surface area contributed by atoms with Crippen LogP contribution in [0.1, 0.15) is 51.3 Å². The van der Waals surface area contributed by atoms with Crippen molar-refractivity contribution in [3.05, 3.63) is 18.2 Å². The maximum absolute atomic E-state index is 12.3. The number of aryl methyl sites for hydroxylation is 1. The lowest BCUT2D eigenvalue weighted by Gasteiger charge is -2.04. The van der Waals surface area contributed by atoms with Gasteiger partial charge in [0.05, 0.1) is 6.54 Å². The van der Waals surface area contributed by atoms with Crippen LogP contribution in [0.25, 0.3) is 0 Å². The molecule has 104 valence electrons. The van der Waals surface area contributed by atoms with Crippen LogP contribution in [0.3, 0.4) is 0 Å². The third-order valence-corrected chi connectivity index (χ3v) is 2.97. The molecule has 0 aromatic carbocycles. The number of halogens is 3. The highest BCUT2D eigenvalue weighted by Gasteiger charge is 2.33. The Hall–Kier alpha value is -1.00. The summed E-state index contributed by atoms with van der Waals surface area (Å²) in [7, 11) is 0. The van der Waals surface area contributed by atoms with Gasteiger partial charge in [-0.3, -0.25) is 0 Å². The molecule has 2 nitrogen and oxygen atoms in total. The Morgan fingerprint density at radius 2 is 1.78 bits per heavy atom. The summed E-state index contributed by atoms with van der Waals surface area (Å²) >= 11 is 0. The van der Waals surface area contributed by atoms with Crippen molar-refractivity contribution in [3.63, 3.8) is 0 Å². The third-order valence-electron chi connectivity index (χ3n) is 2.97. The zero-order valence-electron chi connectivity index (χ0n) is 10.9. The first kappa shape index (κ1) is 15.1. The normalized spacial score (nSPS) is 12.0. The van der Waals surface area contributed by atoms with E-state index in [1.165, 1.54) is 25.7 Å². The van der Waals surface area contributed by atoms with Gasteiger partial charge in [0, 0.05) is 0 Å². The maximum atomic E-state index is 12.3. The van der Waals surface area contributed by atoms with E-state index >= 15 is 0 Å². The average molecular weight is 263 g/mol. The van der Waals surface area contributed by atoms with Gasteiger partial charge in [-0.05, 0) is 12.8 Å². The van der Waals surface area contributed by atoms with E-state index < -0.39 is 12.6 Å². The second kappa shape index (κ2) is 7.44. The van der Waals surface area contributed by atoms with Gasteiger partial charge >= 0.3 is 6.18 Å². The Labute approximate surface area is 106 Å². The highest BCUT2D eigenvalue weighted by atomic mass is 19.4. The SMILES string of the molecule is CCCCCCCC[n+]1cc[nH]c1CC(F)(F)F. The summed E-state index contributed by atoms with van der Waals surface area (Å²) in [5.74, 6) is 0.246. The molecule has 0 saturated carbocycles. The van der Waals surface area contributed by atoms with Crippen molar-refractivity contribution in [1.29, 1.82) is 0 Å². The Kier molecular flexibility index (Phi) is 6.22. The lowest BCUT2D eigenvalue weighted by molar-refractivity contribution is -0.704. The van der Waals surface area contributed by atoms with Crippen molar-refractivity contribution < 1.29 is 17.7 Å². The van der Waals surface area contributed by atoms with Gasteiger partial charge in [-0.2, -0.15) is 13.2 Å². The topological polar surface area (TPSA) is 19.7 Å². The van der Waals surface area contributed by atoms with E-state index in [1.807, 2.05) is 0 Å². The van der Waals surface area contributed by atoms with Crippen LogP contribution < -0.4 is 4.57 Å². The predicted molar refractivity (Wildman–Crippen MR) is 64.1 cm³/mol. The number of aromatic amines is 1. The highest BCUT2D eigenvalue weighted by Crippen LogP contribution is 2.18. The fourth-order valence-corrected chi connectivity index (χ4v) is 2.01. The van der Waals surface area contributed by atoms with Crippen molar-refractivity contribution in [3.8, 4) is 0 Å². The largest absolute Gasteiger partial charge is 0.400 e. The van der Waals surface area contributed by atoms with E-state index in [4.69, 9.17) is 0 Å². The molecule has 0 unspecified atom stereocenters. The Morgan fingerprint density at radius 3 is 2.44 bits per heavy atom. The number of nitrogens with zero attached hydrogens (tertiary/aromatic N) is 1. The van der Waals surface area contributed by atoms with E-state index in [0.29, 0.717) is 6.54 Å². The molecule has 0 bridgehead atoms. The summed E-state index contributed by atoms with van der Waals surface area (Å²) in [4.78, 5) is 2.67. The van der Waals surface area contributed by atoms with Gasteiger partial charge in [0.1, 0.15) is 18.8 Å². The number of nitrogens with one attached hydrogen (secondary N) is 1. The van der Waals surface area contributed by atoms with Crippen molar-refractivity contribution in [2.75, 3.05) is 0 Å². The number of imidazole rings is 1. The first-order chi connectivity index (χ1) is 8.53. The molecule has 0 aliphatic heterocycles. The third kappa shape index (κ3) is 6.07. The van der Waals surface area contributed by atoms with Crippen LogP contribution in [0.2, 0.25) is 0 Å². The molecule has 0 atom stereocenters. The molecule has 0 aliphatic carbocycles. The minimum Gasteiger partial charge on any atom is -0.247 e. The zero-order chi connectivity index (χ0) is 13.4. The lowest BCUT2D eigenvalue weighted by Crippen LogP contribution is -2.38. The number of hydrogen-bond donors (Lipinski definition) is 1. The number of unbranched alkanes of at least 4 members (excludes halogenated alkanes) is 5. The van der Waals surface area contributed by atoms with Gasteiger partial charge in [0.15, 0.2) is 0 Å². The molecule has 0 amide bonds. The summed E-state index contributed by atoms with van der Waals surface area (Å²) in [5.41, 5.74) is 0. The van der Waals surface area contributed by atoms with Crippen LogP contribution in [0.4, 0.5) is 13.2 Å². The number of H-pyrrole nitrogens is 1. The first-order valence-electron chi connectivity index (χ1n) is 6.65. The van der Waals surface area contributed by atoms with Crippen molar-refractivity contribution in [2.24, 2.45) is 0 Å². The van der Waals surface area contributed by atoms with Crippen LogP contribution in [-0.4, -0.2) is 11.2 Å². The predicted octanol–water partition coefficient (Wildman–Crippen LogP) is 3.77. The summed E-state index contributed by atoms with van der Waals surface area (Å²) in [6.45, 7) is 2.83. The standard InChI is InChI=1S/C13H21F3N2/c1-2-3-4-5-6-7-9-18-10-8-17-12(18)11-13(14,15)16/h8,10H,2-7,9,11H2,1H3/p+1. The molecule has 18 heavy (non-hydrogen) atoms. The minimum absolute atomic E-state index is 0.246. The van der Waals surface area contributed by atoms with Crippen LogP contribution in [0.15, 0.2) is 12.4 Å². The molecule has 1 heterocycles. The molecule has 1 rings (SSSR count). The Morgan fingerprint density at radius 1 is 1.11 bits per heavy atom. The molecular weight excluding hydrogens is 241 g/mol. The van der Waals surface area contributed by atoms with Gasteiger partial charge in [-0.25, -0.2) is 9.55 Å². The molecule has 5 heteroatoms. The quantitative estimate of drug-likeness (QED) is 0.544. The van der Waals surface area contributed by atoms with Gasteiger partial charge in [-0.15, -0.1) is 0 Å². The Balaban J connectivity index is 2.28. The molecule has 1 aromatic heterocycles. The molecule has 0 radical (unpaired) electrons. The van der Waals surface area contributed by atoms with Crippen LogP contribution in [-0.2, 0) is 13.0 Å². The summed E-state index contributed by atoms with van der Waals surface area (Å²) in [6, 6.07) is 0. The fraction of sp³-hybridized carbons (Fsp3) is 0.769. The number of hydrogen-bond acceptors (Lipinski definition) is 0. The van der Waals surface area contributed by atoms with E-state index in [1.54, 1.807) is 17.0 Å². The first-order valence-corrected chi connectivity index (χ1v) is 6.65. The van der Waals surface area contributed by atoms with Crippen LogP contribution in [0, 0.1) is 0 Å².